The molecule has 0 aliphatic heterocycles. The minimum absolute atomic E-state index is 0. The second-order valence-electron chi connectivity index (χ2n) is 3.27. The van der Waals surface area contributed by atoms with Gasteiger partial charge in [0.1, 0.15) is 5.67 Å². The molecule has 0 aromatic rings. The van der Waals surface area contributed by atoms with E-state index in [1.165, 1.54) is 6.92 Å². The third kappa shape index (κ3) is 3.98. The zero-order valence-electron chi connectivity index (χ0n) is 7.96. The van der Waals surface area contributed by atoms with Crippen molar-refractivity contribution in [3.8, 4) is 0 Å². The summed E-state index contributed by atoms with van der Waals surface area (Å²) in [4.78, 5) is 0. The Hall–Kier alpha value is -0.210. The second-order valence-corrected chi connectivity index (χ2v) is 3.27. The molecule has 1 aliphatic carbocycles. The lowest BCUT2D eigenvalue weighted by Gasteiger charge is -2.30. The van der Waals surface area contributed by atoms with E-state index in [-0.39, 0.29) is 25.7 Å². The van der Waals surface area contributed by atoms with E-state index in [9.17, 15) is 13.2 Å². The average Bonchev–Trinajstić information content (AvgIpc) is 2.01. The normalized spacial score (nSPS) is 25.5. The van der Waals surface area contributed by atoms with Crippen molar-refractivity contribution >= 4 is 0 Å². The van der Waals surface area contributed by atoms with Gasteiger partial charge in [-0.2, -0.15) is 0 Å². The van der Waals surface area contributed by atoms with Gasteiger partial charge in [-0.1, -0.05) is 13.8 Å². The van der Waals surface area contributed by atoms with Crippen LogP contribution in [0.1, 0.15) is 46.5 Å². The molecule has 0 N–H and O–H groups in total. The summed E-state index contributed by atoms with van der Waals surface area (Å²) in [5, 5.41) is 0. The van der Waals surface area contributed by atoms with E-state index in [0.717, 1.165) is 0 Å². The molecular formula is C9H17F3. The molecule has 0 atom stereocenters. The van der Waals surface area contributed by atoms with Gasteiger partial charge in [0.2, 0.25) is 5.92 Å². The number of hydrogen-bond acceptors (Lipinski definition) is 0. The Balaban J connectivity index is 0.000000561. The molecule has 3 heteroatoms. The molecule has 74 valence electrons. The maximum atomic E-state index is 12.9. The maximum Gasteiger partial charge on any atom is 0.248 e. The smallest absolute Gasteiger partial charge is 0.244 e. The van der Waals surface area contributed by atoms with Crippen molar-refractivity contribution in [1.82, 2.24) is 0 Å². The summed E-state index contributed by atoms with van der Waals surface area (Å²) in [6, 6.07) is 0. The Labute approximate surface area is 72.2 Å². The largest absolute Gasteiger partial charge is 0.248 e. The monoisotopic (exact) mass is 182 g/mol. The van der Waals surface area contributed by atoms with Crippen LogP contribution in [0.4, 0.5) is 13.2 Å². The predicted molar refractivity (Wildman–Crippen MR) is 44.3 cm³/mol. The molecule has 0 saturated heterocycles. The number of alkyl halides is 3. The van der Waals surface area contributed by atoms with E-state index >= 15 is 0 Å². The number of rotatable bonds is 0. The first kappa shape index (κ1) is 11.8. The van der Waals surface area contributed by atoms with E-state index in [0.29, 0.717) is 0 Å². The van der Waals surface area contributed by atoms with E-state index in [2.05, 4.69) is 0 Å². The summed E-state index contributed by atoms with van der Waals surface area (Å²) in [6.07, 6.45) is -0.583. The Morgan fingerprint density at radius 2 is 1.17 bits per heavy atom. The molecule has 0 nitrogen and oxygen atoms in total. The van der Waals surface area contributed by atoms with Crippen molar-refractivity contribution in [1.29, 1.82) is 0 Å². The fourth-order valence-corrected chi connectivity index (χ4v) is 1.14. The lowest BCUT2D eigenvalue weighted by molar-refractivity contribution is -0.0707. The van der Waals surface area contributed by atoms with Crippen molar-refractivity contribution in [2.24, 2.45) is 0 Å². The zero-order chi connectivity index (χ0) is 9.83. The molecule has 1 saturated carbocycles. The van der Waals surface area contributed by atoms with Gasteiger partial charge in [-0.05, 0) is 19.8 Å². The molecule has 0 amide bonds. The van der Waals surface area contributed by atoms with Crippen molar-refractivity contribution in [3.63, 3.8) is 0 Å². The summed E-state index contributed by atoms with van der Waals surface area (Å²) in [5.41, 5.74) is -1.35. The highest BCUT2D eigenvalue weighted by molar-refractivity contribution is 4.85. The third-order valence-electron chi connectivity index (χ3n) is 2.02. The number of hydrogen-bond donors (Lipinski definition) is 0. The summed E-state index contributed by atoms with van der Waals surface area (Å²) in [6.45, 7) is 5.39. The molecular weight excluding hydrogens is 165 g/mol. The molecule has 0 unspecified atom stereocenters. The van der Waals surface area contributed by atoms with Gasteiger partial charge in [-0.3, -0.25) is 0 Å². The first-order valence-electron chi connectivity index (χ1n) is 4.48. The predicted octanol–water partition coefficient (Wildman–Crippen LogP) is 3.95. The van der Waals surface area contributed by atoms with Crippen LogP contribution in [0.5, 0.6) is 0 Å². The highest BCUT2D eigenvalue weighted by Gasteiger charge is 2.40. The van der Waals surface area contributed by atoms with Crippen LogP contribution >= 0.6 is 0 Å². The van der Waals surface area contributed by atoms with Crippen LogP contribution in [-0.4, -0.2) is 11.6 Å². The van der Waals surface area contributed by atoms with Gasteiger partial charge in [0, 0.05) is 12.8 Å². The van der Waals surface area contributed by atoms with E-state index in [4.69, 9.17) is 0 Å². The zero-order valence-corrected chi connectivity index (χ0v) is 7.96. The van der Waals surface area contributed by atoms with Crippen LogP contribution in [-0.2, 0) is 0 Å². The molecule has 0 radical (unpaired) electrons. The van der Waals surface area contributed by atoms with Gasteiger partial charge in [0.05, 0.1) is 0 Å². The fourth-order valence-electron chi connectivity index (χ4n) is 1.14. The van der Waals surface area contributed by atoms with Crippen molar-refractivity contribution in [2.75, 3.05) is 0 Å². The molecule has 12 heavy (non-hydrogen) atoms. The van der Waals surface area contributed by atoms with Crippen LogP contribution in [0, 0.1) is 0 Å². The van der Waals surface area contributed by atoms with Gasteiger partial charge >= 0.3 is 0 Å². The molecule has 0 aromatic carbocycles. The van der Waals surface area contributed by atoms with E-state index in [1.807, 2.05) is 13.8 Å². The molecule has 1 rings (SSSR count). The van der Waals surface area contributed by atoms with Gasteiger partial charge in [-0.15, -0.1) is 0 Å². The summed E-state index contributed by atoms with van der Waals surface area (Å²) >= 11 is 0. The topological polar surface area (TPSA) is 0 Å². The molecule has 1 aliphatic rings. The highest BCUT2D eigenvalue weighted by atomic mass is 19.3. The first-order valence-corrected chi connectivity index (χ1v) is 4.48. The first-order chi connectivity index (χ1) is 5.41. The minimum Gasteiger partial charge on any atom is -0.244 e. The summed E-state index contributed by atoms with van der Waals surface area (Å²) in [7, 11) is 0. The van der Waals surface area contributed by atoms with Gasteiger partial charge < -0.3 is 0 Å². The van der Waals surface area contributed by atoms with E-state index < -0.39 is 11.6 Å². The van der Waals surface area contributed by atoms with Crippen LogP contribution in [0.3, 0.4) is 0 Å². The van der Waals surface area contributed by atoms with Gasteiger partial charge in [0.15, 0.2) is 0 Å². The number of halogens is 3. The Morgan fingerprint density at radius 3 is 1.42 bits per heavy atom. The standard InChI is InChI=1S/C7H11F3.C2H6/c1-6(8)2-4-7(9,10)5-3-6;1-2/h2-5H2,1H3;1-2H3. The minimum atomic E-state index is -2.61. The summed E-state index contributed by atoms with van der Waals surface area (Å²) in [5.74, 6) is -2.61. The molecule has 0 aromatic heterocycles. The molecule has 1 fully saturated rings. The second kappa shape index (κ2) is 4.15. The lowest BCUT2D eigenvalue weighted by Crippen LogP contribution is -2.32. The Morgan fingerprint density at radius 1 is 0.833 bits per heavy atom. The molecule has 0 heterocycles. The molecule has 0 spiro atoms. The van der Waals surface area contributed by atoms with Crippen molar-refractivity contribution in [3.05, 3.63) is 0 Å². The quantitative estimate of drug-likeness (QED) is 0.532. The fraction of sp³-hybridized carbons (Fsp3) is 1.00. The highest BCUT2D eigenvalue weighted by Crippen LogP contribution is 2.39. The Bertz CT molecular complexity index is 102. The maximum absolute atomic E-state index is 12.9. The van der Waals surface area contributed by atoms with Crippen molar-refractivity contribution < 1.29 is 13.2 Å². The molecule has 0 bridgehead atoms. The van der Waals surface area contributed by atoms with Crippen LogP contribution in [0.15, 0.2) is 0 Å². The van der Waals surface area contributed by atoms with Crippen LogP contribution in [0.25, 0.3) is 0 Å². The lowest BCUT2D eigenvalue weighted by atomic mass is 9.86. The third-order valence-corrected chi connectivity index (χ3v) is 2.02. The van der Waals surface area contributed by atoms with Crippen molar-refractivity contribution in [2.45, 2.75) is 58.0 Å². The average molecular weight is 182 g/mol. The summed E-state index contributed by atoms with van der Waals surface area (Å²) < 4.78 is 37.6. The SMILES string of the molecule is CC.CC1(F)CCC(F)(F)CC1. The van der Waals surface area contributed by atoms with Gasteiger partial charge in [-0.25, -0.2) is 13.2 Å². The van der Waals surface area contributed by atoms with E-state index in [1.54, 1.807) is 0 Å². The van der Waals surface area contributed by atoms with Gasteiger partial charge in [0.25, 0.3) is 0 Å². The van der Waals surface area contributed by atoms with Crippen LogP contribution in [0.2, 0.25) is 0 Å². The van der Waals surface area contributed by atoms with Crippen LogP contribution < -0.4 is 0 Å². The Kier molecular flexibility index (Phi) is 4.08.